The van der Waals surface area contributed by atoms with E-state index in [1.165, 1.54) is 19.2 Å². The molecule has 1 N–H and O–H groups in total. The summed E-state index contributed by atoms with van der Waals surface area (Å²) < 4.78 is 23.2. The second-order valence-corrected chi connectivity index (χ2v) is 3.93. The summed E-state index contributed by atoms with van der Waals surface area (Å²) in [6.07, 6.45) is 2.06. The van der Waals surface area contributed by atoms with Crippen molar-refractivity contribution in [3.8, 4) is 11.5 Å². The van der Waals surface area contributed by atoms with Gasteiger partial charge >= 0.3 is 0 Å². The Hall–Kier alpha value is -1.78. The van der Waals surface area contributed by atoms with E-state index in [-0.39, 0.29) is 18.3 Å². The van der Waals surface area contributed by atoms with Gasteiger partial charge in [-0.1, -0.05) is 0 Å². The molecule has 0 bridgehead atoms. The number of hydrogen-bond donors (Lipinski definition) is 1. The van der Waals surface area contributed by atoms with Crippen LogP contribution in [0.25, 0.3) is 0 Å². The summed E-state index contributed by atoms with van der Waals surface area (Å²) in [5.74, 6) is -0.217. The Morgan fingerprint density at radius 1 is 1.53 bits per heavy atom. The van der Waals surface area contributed by atoms with Gasteiger partial charge in [-0.25, -0.2) is 4.39 Å². The number of amides is 1. The van der Waals surface area contributed by atoms with Gasteiger partial charge in [0, 0.05) is 12.1 Å². The predicted molar refractivity (Wildman–Crippen MR) is 59.6 cm³/mol. The van der Waals surface area contributed by atoms with Gasteiger partial charge in [0.2, 0.25) is 0 Å². The van der Waals surface area contributed by atoms with Gasteiger partial charge in [0.25, 0.3) is 5.91 Å². The monoisotopic (exact) mass is 239 g/mol. The number of methoxy groups -OCH3 is 1. The van der Waals surface area contributed by atoms with Crippen molar-refractivity contribution in [2.75, 3.05) is 13.7 Å². The van der Waals surface area contributed by atoms with Gasteiger partial charge < -0.3 is 14.8 Å². The van der Waals surface area contributed by atoms with Crippen LogP contribution in [0.4, 0.5) is 4.39 Å². The molecule has 17 heavy (non-hydrogen) atoms. The molecule has 1 fully saturated rings. The van der Waals surface area contributed by atoms with Crippen LogP contribution in [0.1, 0.15) is 12.8 Å². The molecule has 0 unspecified atom stereocenters. The lowest BCUT2D eigenvalue weighted by atomic mass is 10.3. The second kappa shape index (κ2) is 5.03. The Kier molecular flexibility index (Phi) is 3.46. The van der Waals surface area contributed by atoms with Crippen molar-refractivity contribution in [3.63, 3.8) is 0 Å². The molecule has 92 valence electrons. The molecule has 5 heteroatoms. The van der Waals surface area contributed by atoms with Crippen LogP contribution in [0.2, 0.25) is 0 Å². The lowest BCUT2D eigenvalue weighted by molar-refractivity contribution is -0.123. The second-order valence-electron chi connectivity index (χ2n) is 3.93. The van der Waals surface area contributed by atoms with E-state index < -0.39 is 5.82 Å². The van der Waals surface area contributed by atoms with E-state index in [0.29, 0.717) is 11.8 Å². The zero-order valence-corrected chi connectivity index (χ0v) is 9.53. The van der Waals surface area contributed by atoms with Crippen LogP contribution in [0, 0.1) is 5.82 Å². The Balaban J connectivity index is 1.85. The number of nitrogens with one attached hydrogen (secondary N) is 1. The minimum atomic E-state index is -0.507. The number of ether oxygens (including phenoxy) is 2. The van der Waals surface area contributed by atoms with Gasteiger partial charge in [-0.05, 0) is 25.0 Å². The van der Waals surface area contributed by atoms with Gasteiger partial charge in [-0.15, -0.1) is 0 Å². The maximum Gasteiger partial charge on any atom is 0.258 e. The van der Waals surface area contributed by atoms with Gasteiger partial charge in [0.1, 0.15) is 5.75 Å². The Morgan fingerprint density at radius 2 is 2.29 bits per heavy atom. The molecular weight excluding hydrogens is 225 g/mol. The number of carbonyl (C=O) groups excluding carboxylic acids is 1. The fourth-order valence-electron chi connectivity index (χ4n) is 1.38. The van der Waals surface area contributed by atoms with Crippen molar-refractivity contribution < 1.29 is 18.7 Å². The highest BCUT2D eigenvalue weighted by molar-refractivity contribution is 5.78. The quantitative estimate of drug-likeness (QED) is 0.846. The molecule has 1 amide bonds. The Bertz CT molecular complexity index is 418. The summed E-state index contributed by atoms with van der Waals surface area (Å²) in [7, 11) is 1.39. The maximum absolute atomic E-state index is 13.3. The zero-order valence-electron chi connectivity index (χ0n) is 9.53. The Morgan fingerprint density at radius 3 is 2.88 bits per heavy atom. The summed E-state index contributed by atoms with van der Waals surface area (Å²) in [4.78, 5) is 11.3. The first-order valence-electron chi connectivity index (χ1n) is 5.45. The van der Waals surface area contributed by atoms with Crippen molar-refractivity contribution in [1.82, 2.24) is 5.32 Å². The molecule has 0 aromatic heterocycles. The van der Waals surface area contributed by atoms with Crippen LogP contribution in [-0.2, 0) is 4.79 Å². The predicted octanol–water partition coefficient (Wildman–Crippen LogP) is 1.49. The van der Waals surface area contributed by atoms with Crippen LogP contribution in [0.15, 0.2) is 18.2 Å². The largest absolute Gasteiger partial charge is 0.494 e. The topological polar surface area (TPSA) is 47.6 Å². The molecule has 2 rings (SSSR count). The summed E-state index contributed by atoms with van der Waals surface area (Å²) in [6.45, 7) is -0.0950. The third-order valence-corrected chi connectivity index (χ3v) is 2.44. The average Bonchev–Trinajstić information content (AvgIpc) is 3.10. The molecule has 1 aromatic rings. The molecule has 1 aliphatic rings. The number of hydrogen-bond acceptors (Lipinski definition) is 3. The van der Waals surface area contributed by atoms with Crippen molar-refractivity contribution in [2.24, 2.45) is 0 Å². The van der Waals surface area contributed by atoms with E-state index in [1.54, 1.807) is 6.07 Å². The number of benzene rings is 1. The van der Waals surface area contributed by atoms with Crippen molar-refractivity contribution in [2.45, 2.75) is 18.9 Å². The first-order valence-corrected chi connectivity index (χ1v) is 5.45. The number of rotatable bonds is 5. The van der Waals surface area contributed by atoms with Crippen LogP contribution >= 0.6 is 0 Å². The molecule has 1 aliphatic carbocycles. The van der Waals surface area contributed by atoms with Crippen LogP contribution in [0.5, 0.6) is 11.5 Å². The summed E-state index contributed by atoms with van der Waals surface area (Å²) in [5.41, 5.74) is 0. The molecule has 0 aliphatic heterocycles. The molecule has 4 nitrogen and oxygen atoms in total. The van der Waals surface area contributed by atoms with E-state index in [4.69, 9.17) is 9.47 Å². The van der Waals surface area contributed by atoms with Crippen LogP contribution in [0.3, 0.4) is 0 Å². The Labute approximate surface area is 98.7 Å². The lowest BCUT2D eigenvalue weighted by Crippen LogP contribution is -2.30. The fraction of sp³-hybridized carbons (Fsp3) is 0.417. The average molecular weight is 239 g/mol. The molecule has 0 spiro atoms. The highest BCUT2D eigenvalue weighted by atomic mass is 19.1. The number of halogens is 1. The standard InChI is InChI=1S/C12H14FNO3/c1-16-11-5-4-9(6-10(11)13)17-7-12(15)14-8-2-3-8/h4-6,8H,2-3,7H2,1H3,(H,14,15). The van der Waals surface area contributed by atoms with Gasteiger partial charge in [-0.2, -0.15) is 0 Å². The SMILES string of the molecule is COc1ccc(OCC(=O)NC2CC2)cc1F. The third kappa shape index (κ3) is 3.34. The van der Waals surface area contributed by atoms with Crippen LogP contribution in [-0.4, -0.2) is 25.7 Å². The zero-order chi connectivity index (χ0) is 12.3. The maximum atomic E-state index is 13.3. The lowest BCUT2D eigenvalue weighted by Gasteiger charge is -2.08. The molecule has 0 saturated heterocycles. The normalized spacial score (nSPS) is 14.2. The van der Waals surface area contributed by atoms with E-state index in [9.17, 15) is 9.18 Å². The fourth-order valence-corrected chi connectivity index (χ4v) is 1.38. The summed E-state index contributed by atoms with van der Waals surface area (Å²) in [5, 5.41) is 2.78. The molecule has 0 radical (unpaired) electrons. The minimum absolute atomic E-state index is 0.0950. The first kappa shape index (κ1) is 11.7. The van der Waals surface area contributed by atoms with E-state index >= 15 is 0 Å². The van der Waals surface area contributed by atoms with Crippen LogP contribution < -0.4 is 14.8 Å². The molecule has 0 heterocycles. The van der Waals surface area contributed by atoms with E-state index in [1.807, 2.05) is 0 Å². The van der Waals surface area contributed by atoms with Gasteiger partial charge in [0.05, 0.1) is 7.11 Å². The molecule has 1 aromatic carbocycles. The molecule has 1 saturated carbocycles. The molecule has 0 atom stereocenters. The summed E-state index contributed by atoms with van der Waals surface area (Å²) >= 11 is 0. The van der Waals surface area contributed by atoms with Crippen molar-refractivity contribution >= 4 is 5.91 Å². The van der Waals surface area contributed by atoms with Crippen molar-refractivity contribution in [3.05, 3.63) is 24.0 Å². The van der Waals surface area contributed by atoms with Crippen molar-refractivity contribution in [1.29, 1.82) is 0 Å². The molecular formula is C12H14FNO3. The smallest absolute Gasteiger partial charge is 0.258 e. The third-order valence-electron chi connectivity index (χ3n) is 2.44. The van der Waals surface area contributed by atoms with Gasteiger partial charge in [0.15, 0.2) is 18.2 Å². The van der Waals surface area contributed by atoms with E-state index in [0.717, 1.165) is 12.8 Å². The minimum Gasteiger partial charge on any atom is -0.494 e. The highest BCUT2D eigenvalue weighted by Gasteiger charge is 2.23. The van der Waals surface area contributed by atoms with E-state index in [2.05, 4.69) is 5.32 Å². The summed E-state index contributed by atoms with van der Waals surface area (Å²) in [6, 6.07) is 4.53. The highest BCUT2D eigenvalue weighted by Crippen LogP contribution is 2.22. The number of carbonyl (C=O) groups is 1. The first-order chi connectivity index (χ1) is 8.19. The van der Waals surface area contributed by atoms with Gasteiger partial charge in [-0.3, -0.25) is 4.79 Å².